The van der Waals surface area contributed by atoms with E-state index in [1.165, 1.54) is 11.8 Å². The van der Waals surface area contributed by atoms with Gasteiger partial charge in [-0.2, -0.15) is 0 Å². The van der Waals surface area contributed by atoms with Crippen LogP contribution in [0.15, 0.2) is 40.5 Å². The van der Waals surface area contributed by atoms with Gasteiger partial charge in [0.15, 0.2) is 5.13 Å². The van der Waals surface area contributed by atoms with Gasteiger partial charge in [-0.3, -0.25) is 9.79 Å². The summed E-state index contributed by atoms with van der Waals surface area (Å²) in [6.07, 6.45) is 9.37. The number of thioether (sulfide) groups is 1. The molecule has 1 amide bonds. The monoisotopic (exact) mass is 474 g/mol. The van der Waals surface area contributed by atoms with Crippen molar-refractivity contribution < 1.29 is 4.79 Å². The van der Waals surface area contributed by atoms with Crippen LogP contribution in [0.3, 0.4) is 0 Å². The van der Waals surface area contributed by atoms with Crippen molar-refractivity contribution >= 4 is 46.0 Å². The molecule has 0 atom stereocenters. The molecule has 0 bridgehead atoms. The third-order valence-corrected chi connectivity index (χ3v) is 6.31. The van der Waals surface area contributed by atoms with Crippen molar-refractivity contribution in [2.45, 2.75) is 33.6 Å². The van der Waals surface area contributed by atoms with Gasteiger partial charge in [-0.15, -0.1) is 11.8 Å². The average molecular weight is 475 g/mol. The van der Waals surface area contributed by atoms with E-state index in [1.807, 2.05) is 26.3 Å². The Kier molecular flexibility index (Phi) is 11.1. The highest BCUT2D eigenvalue weighted by Gasteiger charge is 2.17. The lowest BCUT2D eigenvalue weighted by Gasteiger charge is -2.23. The SMILES string of the molecule is CC.CS/C(N)=C/C=N\CNc1cc(C)cc(-c2cnc(N3CCCCNC(=O)C3)s2)c1. The summed E-state index contributed by atoms with van der Waals surface area (Å²) >= 11 is 3.11. The first-order valence-electron chi connectivity index (χ1n) is 10.9. The van der Waals surface area contributed by atoms with Crippen molar-refractivity contribution in [3.8, 4) is 10.4 Å². The summed E-state index contributed by atoms with van der Waals surface area (Å²) in [5.74, 6) is 0.0585. The van der Waals surface area contributed by atoms with Gasteiger partial charge < -0.3 is 21.3 Å². The highest BCUT2D eigenvalue weighted by molar-refractivity contribution is 8.02. The van der Waals surface area contributed by atoms with Gasteiger partial charge >= 0.3 is 0 Å². The van der Waals surface area contributed by atoms with Crippen molar-refractivity contribution in [2.75, 3.05) is 42.8 Å². The summed E-state index contributed by atoms with van der Waals surface area (Å²) in [5.41, 5.74) is 9.00. The first kappa shape index (κ1) is 25.7. The lowest BCUT2D eigenvalue weighted by atomic mass is 10.1. The van der Waals surface area contributed by atoms with Crippen LogP contribution in [0.1, 0.15) is 32.3 Å². The molecule has 1 aromatic heterocycles. The largest absolute Gasteiger partial charge is 0.393 e. The summed E-state index contributed by atoms with van der Waals surface area (Å²) in [6.45, 7) is 8.53. The fourth-order valence-corrected chi connectivity index (χ4v) is 4.21. The van der Waals surface area contributed by atoms with Crippen LogP contribution < -0.4 is 21.3 Å². The number of carbonyl (C=O) groups excluding carboxylic acids is 1. The molecule has 2 heterocycles. The predicted octanol–water partition coefficient (Wildman–Crippen LogP) is 4.46. The molecule has 0 spiro atoms. The highest BCUT2D eigenvalue weighted by Crippen LogP contribution is 2.33. The van der Waals surface area contributed by atoms with Gasteiger partial charge in [0.2, 0.25) is 5.91 Å². The molecule has 1 aromatic carbocycles. The quantitative estimate of drug-likeness (QED) is 0.513. The molecule has 0 aliphatic carbocycles. The van der Waals surface area contributed by atoms with E-state index in [2.05, 4.69) is 50.6 Å². The molecule has 32 heavy (non-hydrogen) atoms. The first-order valence-corrected chi connectivity index (χ1v) is 12.9. The molecule has 1 saturated heterocycles. The summed E-state index contributed by atoms with van der Waals surface area (Å²) in [6, 6.07) is 6.34. The second-order valence-corrected chi connectivity index (χ2v) is 8.90. The Bertz CT molecular complexity index is 925. The fourth-order valence-electron chi connectivity index (χ4n) is 3.08. The summed E-state index contributed by atoms with van der Waals surface area (Å²) in [5, 5.41) is 7.89. The molecule has 1 aliphatic heterocycles. The van der Waals surface area contributed by atoms with E-state index in [4.69, 9.17) is 5.73 Å². The molecular weight excluding hydrogens is 440 g/mol. The van der Waals surface area contributed by atoms with Crippen molar-refractivity contribution in [2.24, 2.45) is 10.7 Å². The Balaban J connectivity index is 0.00000176. The van der Waals surface area contributed by atoms with Crippen LogP contribution >= 0.6 is 23.1 Å². The zero-order chi connectivity index (χ0) is 23.3. The minimum atomic E-state index is 0.0585. The number of nitrogens with two attached hydrogens (primary N) is 1. The third-order valence-electron chi connectivity index (χ3n) is 4.59. The van der Waals surface area contributed by atoms with Crippen LogP contribution in [0, 0.1) is 6.92 Å². The molecular formula is C23H34N6OS2. The van der Waals surface area contributed by atoms with Crippen LogP contribution in [0.5, 0.6) is 0 Å². The number of aromatic nitrogens is 1. The van der Waals surface area contributed by atoms with Gasteiger partial charge in [0.1, 0.15) is 6.67 Å². The maximum absolute atomic E-state index is 12.0. The standard InChI is InChI=1S/C21H28N6OS2.C2H6/c1-15-9-16(11-17(10-15)26-14-23-7-5-19(22)29-2)18-12-25-21(30-18)27-8-4-3-6-24-20(28)13-27;1-2/h5,7,9-12,26H,3-4,6,8,13-14,22H2,1-2H3,(H,24,28);1-2H3/b19-5+,23-7-;. The second kappa shape index (κ2) is 13.8. The number of hydrogen-bond donors (Lipinski definition) is 3. The van der Waals surface area contributed by atoms with Crippen LogP contribution in [-0.4, -0.2) is 49.7 Å². The van der Waals surface area contributed by atoms with Gasteiger partial charge in [-0.05, 0) is 55.4 Å². The molecule has 9 heteroatoms. The van der Waals surface area contributed by atoms with E-state index in [0.29, 0.717) is 13.2 Å². The van der Waals surface area contributed by atoms with Crippen LogP contribution in [-0.2, 0) is 4.79 Å². The molecule has 4 N–H and O–H groups in total. The van der Waals surface area contributed by atoms with E-state index in [9.17, 15) is 4.79 Å². The number of aryl methyl sites for hydroxylation is 1. The Morgan fingerprint density at radius 3 is 2.97 bits per heavy atom. The normalized spacial score (nSPS) is 14.9. The van der Waals surface area contributed by atoms with Crippen LogP contribution in [0.25, 0.3) is 10.4 Å². The summed E-state index contributed by atoms with van der Waals surface area (Å²) < 4.78 is 0. The fraction of sp³-hybridized carbons (Fsp3) is 0.435. The number of allylic oxidation sites excluding steroid dienone is 1. The number of aliphatic imine (C=N–C) groups is 1. The number of carbonyl (C=O) groups is 1. The number of amides is 1. The molecule has 3 rings (SSSR count). The van der Waals surface area contributed by atoms with E-state index < -0.39 is 0 Å². The molecule has 0 radical (unpaired) electrons. The molecule has 7 nitrogen and oxygen atoms in total. The lowest BCUT2D eigenvalue weighted by Crippen LogP contribution is -2.40. The van der Waals surface area contributed by atoms with Crippen LogP contribution in [0.4, 0.5) is 10.8 Å². The van der Waals surface area contributed by atoms with E-state index in [1.54, 1.807) is 23.6 Å². The number of benzene rings is 1. The van der Waals surface area contributed by atoms with Crippen molar-refractivity contribution in [1.82, 2.24) is 10.3 Å². The van der Waals surface area contributed by atoms with Gasteiger partial charge in [-0.25, -0.2) is 4.98 Å². The van der Waals surface area contributed by atoms with Gasteiger partial charge in [0.05, 0.1) is 16.5 Å². The second-order valence-electron chi connectivity index (χ2n) is 7.01. The minimum absolute atomic E-state index is 0.0585. The minimum Gasteiger partial charge on any atom is -0.393 e. The summed E-state index contributed by atoms with van der Waals surface area (Å²) in [7, 11) is 0. The van der Waals surface area contributed by atoms with Crippen molar-refractivity contribution in [3.05, 3.63) is 41.1 Å². The number of thiazole rings is 1. The Labute approximate surface area is 199 Å². The first-order chi connectivity index (χ1) is 15.5. The smallest absolute Gasteiger partial charge is 0.239 e. The van der Waals surface area contributed by atoms with Crippen molar-refractivity contribution in [3.63, 3.8) is 0 Å². The number of rotatable bonds is 7. The number of nitrogens with zero attached hydrogens (tertiary/aromatic N) is 3. The Morgan fingerprint density at radius 1 is 1.38 bits per heavy atom. The Morgan fingerprint density at radius 2 is 2.19 bits per heavy atom. The van der Waals surface area contributed by atoms with Crippen molar-refractivity contribution in [1.29, 1.82) is 0 Å². The average Bonchev–Trinajstić information content (AvgIpc) is 3.27. The van der Waals surface area contributed by atoms with Gasteiger partial charge in [-0.1, -0.05) is 31.3 Å². The lowest BCUT2D eigenvalue weighted by molar-refractivity contribution is -0.119. The van der Waals surface area contributed by atoms with Gasteiger partial charge in [0.25, 0.3) is 0 Å². The highest BCUT2D eigenvalue weighted by atomic mass is 32.2. The van der Waals surface area contributed by atoms with E-state index in [-0.39, 0.29) is 5.91 Å². The summed E-state index contributed by atoms with van der Waals surface area (Å²) in [4.78, 5) is 24.0. The number of nitrogens with one attached hydrogen (secondary N) is 2. The topological polar surface area (TPSA) is 95.6 Å². The molecule has 2 aromatic rings. The van der Waals surface area contributed by atoms with E-state index >= 15 is 0 Å². The molecule has 174 valence electrons. The number of anilines is 2. The Hall–Kier alpha value is -2.52. The molecule has 1 aliphatic rings. The van der Waals surface area contributed by atoms with Crippen LogP contribution in [0.2, 0.25) is 0 Å². The molecule has 0 saturated carbocycles. The molecule has 0 unspecified atom stereocenters. The maximum Gasteiger partial charge on any atom is 0.239 e. The van der Waals surface area contributed by atoms with Gasteiger partial charge in [0, 0.05) is 31.2 Å². The third kappa shape index (κ3) is 8.20. The maximum atomic E-state index is 12.0. The van der Waals surface area contributed by atoms with E-state index in [0.717, 1.165) is 57.8 Å². The zero-order valence-corrected chi connectivity index (χ0v) is 21.0. The zero-order valence-electron chi connectivity index (χ0n) is 19.4. The number of hydrogen-bond acceptors (Lipinski definition) is 8. The predicted molar refractivity (Wildman–Crippen MR) is 141 cm³/mol. The molecule has 1 fully saturated rings.